The first-order valence-corrected chi connectivity index (χ1v) is 14.7. The third-order valence-electron chi connectivity index (χ3n) is 5.63. The largest absolute Gasteiger partial charge is 0.373 e. The van der Waals surface area contributed by atoms with E-state index in [0.717, 1.165) is 16.2 Å². The average Bonchev–Trinajstić information content (AvgIpc) is 3.47. The SMILES string of the molecule is CC1CN(S(=O)(=O)c2ccc(C(=O)Nc3nc(-c4cccs4)c(C(=O)C(C)(C)C)s3)cc2)CC(C)O1. The Hall–Kier alpha value is -2.44. The minimum absolute atomic E-state index is 0.0507. The van der Waals surface area contributed by atoms with Crippen molar-refractivity contribution in [2.75, 3.05) is 18.4 Å². The second-order valence-electron chi connectivity index (χ2n) is 9.81. The van der Waals surface area contributed by atoms with Gasteiger partial charge in [0.05, 0.1) is 22.0 Å². The first-order valence-electron chi connectivity index (χ1n) is 11.5. The molecule has 0 saturated carbocycles. The van der Waals surface area contributed by atoms with Crippen molar-refractivity contribution in [2.24, 2.45) is 5.41 Å². The number of carbonyl (C=O) groups is 2. The molecule has 3 heterocycles. The Morgan fingerprint density at radius 2 is 1.72 bits per heavy atom. The maximum absolute atomic E-state index is 13.1. The third-order valence-corrected chi connectivity index (χ3v) is 9.32. The summed E-state index contributed by atoms with van der Waals surface area (Å²) in [6, 6.07) is 9.59. The number of Topliss-reactive ketones (excluding diaryl/α,β-unsaturated/α-hetero) is 1. The highest BCUT2D eigenvalue weighted by molar-refractivity contribution is 7.89. The maximum Gasteiger partial charge on any atom is 0.257 e. The van der Waals surface area contributed by atoms with Gasteiger partial charge in [0.2, 0.25) is 10.0 Å². The van der Waals surface area contributed by atoms with E-state index in [4.69, 9.17) is 4.74 Å². The maximum atomic E-state index is 13.1. The highest BCUT2D eigenvalue weighted by Gasteiger charge is 2.33. The monoisotopic (exact) mass is 547 g/mol. The molecule has 0 radical (unpaired) electrons. The number of ketones is 1. The van der Waals surface area contributed by atoms with Crippen LogP contribution in [0.4, 0.5) is 5.13 Å². The molecule has 0 bridgehead atoms. The molecule has 2 unspecified atom stereocenters. The lowest BCUT2D eigenvalue weighted by atomic mass is 9.89. The lowest BCUT2D eigenvalue weighted by Crippen LogP contribution is -2.48. The number of hydrogen-bond donors (Lipinski definition) is 1. The van der Waals surface area contributed by atoms with Gasteiger partial charge in [-0.3, -0.25) is 14.9 Å². The lowest BCUT2D eigenvalue weighted by Gasteiger charge is -2.34. The van der Waals surface area contributed by atoms with Crippen molar-refractivity contribution in [1.82, 2.24) is 9.29 Å². The van der Waals surface area contributed by atoms with Gasteiger partial charge in [-0.15, -0.1) is 11.3 Å². The van der Waals surface area contributed by atoms with E-state index in [9.17, 15) is 18.0 Å². The Bertz CT molecular complexity index is 1350. The van der Waals surface area contributed by atoms with E-state index in [1.165, 1.54) is 39.9 Å². The quantitative estimate of drug-likeness (QED) is 0.428. The molecule has 1 amide bonds. The van der Waals surface area contributed by atoms with Crippen molar-refractivity contribution in [3.05, 3.63) is 52.2 Å². The number of sulfonamides is 1. The molecule has 1 saturated heterocycles. The minimum atomic E-state index is -3.71. The molecule has 2 aromatic heterocycles. The van der Waals surface area contributed by atoms with Crippen LogP contribution < -0.4 is 5.32 Å². The van der Waals surface area contributed by atoms with Crippen LogP contribution in [0.2, 0.25) is 0 Å². The summed E-state index contributed by atoms with van der Waals surface area (Å²) in [6.07, 6.45) is -0.387. The fourth-order valence-electron chi connectivity index (χ4n) is 3.87. The van der Waals surface area contributed by atoms with E-state index in [-0.39, 0.29) is 41.5 Å². The molecule has 192 valence electrons. The lowest BCUT2D eigenvalue weighted by molar-refractivity contribution is -0.0440. The first kappa shape index (κ1) is 26.6. The Morgan fingerprint density at radius 1 is 1.08 bits per heavy atom. The minimum Gasteiger partial charge on any atom is -0.373 e. The fraction of sp³-hybridized carbons (Fsp3) is 0.400. The van der Waals surface area contributed by atoms with E-state index in [2.05, 4.69) is 10.3 Å². The molecule has 4 rings (SSSR count). The van der Waals surface area contributed by atoms with Crippen LogP contribution in [0.15, 0.2) is 46.7 Å². The molecule has 36 heavy (non-hydrogen) atoms. The zero-order valence-corrected chi connectivity index (χ0v) is 23.2. The normalized spacial score (nSPS) is 19.2. The number of carbonyl (C=O) groups excluding carboxylic acids is 2. The number of amides is 1. The number of benzene rings is 1. The number of thiophene rings is 1. The molecule has 0 spiro atoms. The van der Waals surface area contributed by atoms with Gasteiger partial charge in [-0.25, -0.2) is 13.4 Å². The van der Waals surface area contributed by atoms with E-state index in [0.29, 0.717) is 15.7 Å². The summed E-state index contributed by atoms with van der Waals surface area (Å²) in [5.41, 5.74) is 0.242. The smallest absolute Gasteiger partial charge is 0.257 e. The molecule has 11 heteroatoms. The molecule has 1 aliphatic heterocycles. The Kier molecular flexibility index (Phi) is 7.50. The van der Waals surface area contributed by atoms with Crippen LogP contribution in [-0.2, 0) is 14.8 Å². The number of ether oxygens (including phenoxy) is 1. The van der Waals surface area contributed by atoms with Gasteiger partial charge in [0, 0.05) is 24.1 Å². The molecular formula is C25H29N3O5S3. The number of anilines is 1. The Morgan fingerprint density at radius 3 is 2.28 bits per heavy atom. The van der Waals surface area contributed by atoms with Crippen molar-refractivity contribution in [1.29, 1.82) is 0 Å². The van der Waals surface area contributed by atoms with E-state index in [1.807, 2.05) is 52.1 Å². The number of nitrogens with zero attached hydrogens (tertiary/aromatic N) is 2. The van der Waals surface area contributed by atoms with Crippen molar-refractivity contribution in [3.8, 4) is 10.6 Å². The molecule has 2 atom stereocenters. The molecule has 1 aromatic carbocycles. The summed E-state index contributed by atoms with van der Waals surface area (Å²) in [4.78, 5) is 32.0. The van der Waals surface area contributed by atoms with E-state index < -0.39 is 21.3 Å². The summed E-state index contributed by atoms with van der Waals surface area (Å²) in [5, 5.41) is 4.98. The Labute approximate surface area is 219 Å². The average molecular weight is 548 g/mol. The summed E-state index contributed by atoms with van der Waals surface area (Å²) >= 11 is 2.62. The zero-order valence-electron chi connectivity index (χ0n) is 20.8. The molecule has 3 aromatic rings. The fourth-order valence-corrected chi connectivity index (χ4v) is 7.37. The van der Waals surface area contributed by atoms with Crippen molar-refractivity contribution >= 4 is 49.5 Å². The molecule has 1 N–H and O–H groups in total. The van der Waals surface area contributed by atoms with Gasteiger partial charge < -0.3 is 4.74 Å². The summed E-state index contributed by atoms with van der Waals surface area (Å²) in [6.45, 7) is 9.78. The molecular weight excluding hydrogens is 518 g/mol. The van der Waals surface area contributed by atoms with Gasteiger partial charge in [0.15, 0.2) is 10.9 Å². The van der Waals surface area contributed by atoms with Crippen molar-refractivity contribution in [3.63, 3.8) is 0 Å². The van der Waals surface area contributed by atoms with E-state index >= 15 is 0 Å². The van der Waals surface area contributed by atoms with Crippen LogP contribution >= 0.6 is 22.7 Å². The number of hydrogen-bond acceptors (Lipinski definition) is 8. The highest BCUT2D eigenvalue weighted by atomic mass is 32.2. The number of rotatable bonds is 6. The standard InChI is InChI=1S/C25H29N3O5S3/c1-15-13-28(14-16(2)33-15)36(31,32)18-10-8-17(9-11-18)23(30)27-24-26-20(19-7-6-12-34-19)21(35-24)22(29)25(3,4)5/h6-12,15-16H,13-14H2,1-5H3,(H,26,27,30). The van der Waals surface area contributed by atoms with Gasteiger partial charge in [0.25, 0.3) is 5.91 Å². The number of aromatic nitrogens is 1. The van der Waals surface area contributed by atoms with Crippen LogP contribution in [0.5, 0.6) is 0 Å². The van der Waals surface area contributed by atoms with Crippen LogP contribution in [0.1, 0.15) is 54.6 Å². The summed E-state index contributed by atoms with van der Waals surface area (Å²) in [5.74, 6) is -0.487. The molecule has 1 aliphatic rings. The number of nitrogens with one attached hydrogen (secondary N) is 1. The van der Waals surface area contributed by atoms with Crippen molar-refractivity contribution in [2.45, 2.75) is 51.7 Å². The highest BCUT2D eigenvalue weighted by Crippen LogP contribution is 2.37. The first-order chi connectivity index (χ1) is 16.9. The predicted octanol–water partition coefficient (Wildman–Crippen LogP) is 5.15. The molecule has 8 nitrogen and oxygen atoms in total. The van der Waals surface area contributed by atoms with Gasteiger partial charge in [-0.05, 0) is 49.6 Å². The Balaban J connectivity index is 1.55. The number of morpholine rings is 1. The zero-order chi connectivity index (χ0) is 26.3. The van der Waals surface area contributed by atoms with Gasteiger partial charge in [-0.1, -0.05) is 38.2 Å². The van der Waals surface area contributed by atoms with Crippen LogP contribution in [0.25, 0.3) is 10.6 Å². The second kappa shape index (κ2) is 10.1. The van der Waals surface area contributed by atoms with Gasteiger partial charge in [0.1, 0.15) is 10.6 Å². The van der Waals surface area contributed by atoms with Gasteiger partial charge >= 0.3 is 0 Å². The van der Waals surface area contributed by atoms with Crippen LogP contribution in [0, 0.1) is 5.41 Å². The summed E-state index contributed by atoms with van der Waals surface area (Å²) in [7, 11) is -3.71. The third kappa shape index (κ3) is 5.60. The molecule has 1 fully saturated rings. The van der Waals surface area contributed by atoms with Crippen LogP contribution in [-0.4, -0.2) is 54.7 Å². The topological polar surface area (TPSA) is 106 Å². The predicted molar refractivity (Wildman–Crippen MR) is 142 cm³/mol. The summed E-state index contributed by atoms with van der Waals surface area (Å²) < 4.78 is 33.2. The van der Waals surface area contributed by atoms with E-state index in [1.54, 1.807) is 0 Å². The number of thiazole rings is 1. The van der Waals surface area contributed by atoms with Gasteiger partial charge in [-0.2, -0.15) is 4.31 Å². The second-order valence-corrected chi connectivity index (χ2v) is 13.7. The van der Waals surface area contributed by atoms with Crippen LogP contribution in [0.3, 0.4) is 0 Å². The molecule has 0 aliphatic carbocycles. The van der Waals surface area contributed by atoms with Crippen molar-refractivity contribution < 1.29 is 22.7 Å².